The third kappa shape index (κ3) is 3.38. The van der Waals surface area contributed by atoms with Gasteiger partial charge in [-0.05, 0) is 42.7 Å². The Morgan fingerprint density at radius 3 is 2.58 bits per heavy atom. The van der Waals surface area contributed by atoms with Crippen LogP contribution in [0.1, 0.15) is 27.0 Å². The smallest absolute Gasteiger partial charge is 0.251 e. The molecule has 2 aromatic rings. The predicted octanol–water partition coefficient (Wildman–Crippen LogP) is 3.52. The number of aryl methyl sites for hydroxylation is 2. The summed E-state index contributed by atoms with van der Waals surface area (Å²) in [7, 11) is 0. The van der Waals surface area contributed by atoms with Gasteiger partial charge in [0.05, 0.1) is 0 Å². The molecule has 2 nitrogen and oxygen atoms in total. The van der Waals surface area contributed by atoms with Crippen molar-refractivity contribution in [3.63, 3.8) is 0 Å². The minimum Gasteiger partial charge on any atom is -0.348 e. The molecule has 0 aliphatic carbocycles. The van der Waals surface area contributed by atoms with Crippen LogP contribution in [0.25, 0.3) is 0 Å². The summed E-state index contributed by atoms with van der Waals surface area (Å²) in [6, 6.07) is 13.6. The van der Waals surface area contributed by atoms with E-state index in [1.54, 1.807) is 6.07 Å². The Morgan fingerprint density at radius 2 is 1.84 bits per heavy atom. The minimum absolute atomic E-state index is 0.0587. The Morgan fingerprint density at radius 1 is 1.11 bits per heavy atom. The predicted molar refractivity (Wildman–Crippen MR) is 80.8 cm³/mol. The highest BCUT2D eigenvalue weighted by molar-refractivity contribution is 7.80. The lowest BCUT2D eigenvalue weighted by Crippen LogP contribution is -2.24. The fraction of sp³-hybridized carbons (Fsp3) is 0.188. The number of rotatable bonds is 3. The van der Waals surface area contributed by atoms with Gasteiger partial charge in [0.1, 0.15) is 0 Å². The first kappa shape index (κ1) is 13.7. The summed E-state index contributed by atoms with van der Waals surface area (Å²) in [4.78, 5) is 13.0. The Bertz CT molecular complexity index is 607. The van der Waals surface area contributed by atoms with Crippen LogP contribution in [-0.4, -0.2) is 5.91 Å². The molecule has 0 heterocycles. The molecular weight excluding hydrogens is 254 g/mol. The van der Waals surface area contributed by atoms with Crippen molar-refractivity contribution >= 4 is 18.5 Å². The van der Waals surface area contributed by atoms with Crippen LogP contribution in [0.5, 0.6) is 0 Å². The van der Waals surface area contributed by atoms with Crippen molar-refractivity contribution in [3.05, 3.63) is 64.7 Å². The van der Waals surface area contributed by atoms with Crippen LogP contribution in [-0.2, 0) is 6.54 Å². The van der Waals surface area contributed by atoms with E-state index in [1.165, 1.54) is 5.56 Å². The molecule has 98 valence electrons. The number of hydrogen-bond donors (Lipinski definition) is 2. The lowest BCUT2D eigenvalue weighted by Gasteiger charge is -2.10. The Balaban J connectivity index is 2.10. The van der Waals surface area contributed by atoms with Gasteiger partial charge in [0.15, 0.2) is 0 Å². The van der Waals surface area contributed by atoms with Crippen molar-refractivity contribution < 1.29 is 4.79 Å². The monoisotopic (exact) mass is 271 g/mol. The van der Waals surface area contributed by atoms with Gasteiger partial charge in [-0.2, -0.15) is 0 Å². The number of carbonyl (C=O) groups is 1. The van der Waals surface area contributed by atoms with E-state index in [4.69, 9.17) is 0 Å². The van der Waals surface area contributed by atoms with Crippen molar-refractivity contribution in [1.82, 2.24) is 5.32 Å². The van der Waals surface area contributed by atoms with E-state index < -0.39 is 0 Å². The maximum atomic E-state index is 12.2. The quantitative estimate of drug-likeness (QED) is 0.822. The molecule has 0 aliphatic rings. The molecule has 2 rings (SSSR count). The first-order valence-electron chi connectivity index (χ1n) is 6.20. The summed E-state index contributed by atoms with van der Waals surface area (Å²) in [6.07, 6.45) is 0. The van der Waals surface area contributed by atoms with Crippen molar-refractivity contribution in [2.45, 2.75) is 25.3 Å². The van der Waals surface area contributed by atoms with Gasteiger partial charge >= 0.3 is 0 Å². The fourth-order valence-electron chi connectivity index (χ4n) is 1.93. The normalized spacial score (nSPS) is 10.3. The number of benzene rings is 2. The van der Waals surface area contributed by atoms with E-state index in [9.17, 15) is 4.79 Å². The average molecular weight is 271 g/mol. The maximum absolute atomic E-state index is 12.2. The van der Waals surface area contributed by atoms with Crippen LogP contribution in [0.4, 0.5) is 0 Å². The van der Waals surface area contributed by atoms with Crippen molar-refractivity contribution in [3.8, 4) is 0 Å². The third-order valence-electron chi connectivity index (χ3n) is 3.17. The van der Waals surface area contributed by atoms with Gasteiger partial charge in [0.25, 0.3) is 5.91 Å². The highest BCUT2D eigenvalue weighted by Gasteiger charge is 2.09. The third-order valence-corrected chi connectivity index (χ3v) is 3.44. The molecular formula is C16H17NOS. The van der Waals surface area contributed by atoms with Gasteiger partial charge in [-0.15, -0.1) is 12.6 Å². The first-order valence-corrected chi connectivity index (χ1v) is 6.65. The summed E-state index contributed by atoms with van der Waals surface area (Å²) in [5.74, 6) is -0.0587. The number of amides is 1. The molecule has 0 fully saturated rings. The lowest BCUT2D eigenvalue weighted by atomic mass is 10.1. The second-order valence-corrected chi connectivity index (χ2v) is 5.12. The molecule has 0 aliphatic heterocycles. The van der Waals surface area contributed by atoms with Crippen molar-refractivity contribution in [2.75, 3.05) is 0 Å². The van der Waals surface area contributed by atoms with Gasteiger partial charge in [-0.1, -0.05) is 30.3 Å². The summed E-state index contributed by atoms with van der Waals surface area (Å²) >= 11 is 4.27. The molecule has 3 heteroatoms. The molecule has 0 unspecified atom stereocenters. The van der Waals surface area contributed by atoms with Crippen molar-refractivity contribution in [1.29, 1.82) is 0 Å². The summed E-state index contributed by atoms with van der Waals surface area (Å²) in [6.45, 7) is 4.51. The van der Waals surface area contributed by atoms with Crippen molar-refractivity contribution in [2.24, 2.45) is 0 Å². The van der Waals surface area contributed by atoms with Crippen LogP contribution >= 0.6 is 12.6 Å². The molecule has 0 radical (unpaired) electrons. The van der Waals surface area contributed by atoms with Crippen LogP contribution in [0.15, 0.2) is 47.4 Å². The average Bonchev–Trinajstić information content (AvgIpc) is 2.40. The zero-order valence-electron chi connectivity index (χ0n) is 11.1. The van der Waals surface area contributed by atoms with E-state index in [2.05, 4.69) is 17.9 Å². The molecule has 19 heavy (non-hydrogen) atoms. The number of nitrogens with one attached hydrogen (secondary N) is 1. The van der Waals surface area contributed by atoms with Gasteiger partial charge in [-0.3, -0.25) is 4.79 Å². The zero-order valence-corrected chi connectivity index (χ0v) is 12.0. The highest BCUT2D eigenvalue weighted by atomic mass is 32.1. The van der Waals surface area contributed by atoms with E-state index in [0.717, 1.165) is 16.0 Å². The maximum Gasteiger partial charge on any atom is 0.251 e. The Hall–Kier alpha value is -1.74. The second kappa shape index (κ2) is 5.93. The van der Waals surface area contributed by atoms with Crippen LogP contribution in [0.2, 0.25) is 0 Å². The first-order chi connectivity index (χ1) is 9.08. The molecule has 1 amide bonds. The van der Waals surface area contributed by atoms with E-state index in [-0.39, 0.29) is 5.91 Å². The number of thiol groups is 1. The largest absolute Gasteiger partial charge is 0.348 e. The van der Waals surface area contributed by atoms with Crippen LogP contribution < -0.4 is 5.32 Å². The molecule has 1 N–H and O–H groups in total. The fourth-order valence-corrected chi connectivity index (χ4v) is 2.14. The number of carbonyl (C=O) groups excluding carboxylic acids is 1. The van der Waals surface area contributed by atoms with Gasteiger partial charge < -0.3 is 5.32 Å². The topological polar surface area (TPSA) is 29.1 Å². The summed E-state index contributed by atoms with van der Waals surface area (Å²) in [5, 5.41) is 2.95. The molecule has 0 spiro atoms. The van der Waals surface area contributed by atoms with Gasteiger partial charge in [0, 0.05) is 17.0 Å². The molecule has 0 saturated carbocycles. The van der Waals surface area contributed by atoms with Crippen LogP contribution in [0, 0.1) is 13.8 Å². The van der Waals surface area contributed by atoms with E-state index in [1.807, 2.05) is 50.2 Å². The standard InChI is InChI=1S/C16H17NOS/c1-11-5-3-4-6-13(11)10-17-16(18)15-9-14(19)8-7-12(15)2/h3-9,19H,10H2,1-2H3,(H,17,18). The second-order valence-electron chi connectivity index (χ2n) is 4.61. The van der Waals surface area contributed by atoms with E-state index in [0.29, 0.717) is 12.1 Å². The lowest BCUT2D eigenvalue weighted by molar-refractivity contribution is 0.0950. The van der Waals surface area contributed by atoms with Gasteiger partial charge in [-0.25, -0.2) is 0 Å². The van der Waals surface area contributed by atoms with E-state index >= 15 is 0 Å². The SMILES string of the molecule is Cc1ccccc1CNC(=O)c1cc(S)ccc1C. The molecule has 0 bridgehead atoms. The highest BCUT2D eigenvalue weighted by Crippen LogP contribution is 2.14. The summed E-state index contributed by atoms with van der Waals surface area (Å²) < 4.78 is 0. The number of hydrogen-bond acceptors (Lipinski definition) is 2. The van der Waals surface area contributed by atoms with Crippen LogP contribution in [0.3, 0.4) is 0 Å². The Labute approximate surface area is 119 Å². The molecule has 0 saturated heterocycles. The molecule has 2 aromatic carbocycles. The molecule has 0 atom stereocenters. The Kier molecular flexibility index (Phi) is 4.27. The molecule has 0 aromatic heterocycles. The summed E-state index contributed by atoms with van der Waals surface area (Å²) in [5.41, 5.74) is 3.96. The van der Waals surface area contributed by atoms with Gasteiger partial charge in [0.2, 0.25) is 0 Å². The zero-order chi connectivity index (χ0) is 13.8. The minimum atomic E-state index is -0.0587.